The first kappa shape index (κ1) is 19.6. The highest BCUT2D eigenvalue weighted by atomic mass is 35.5. The molecule has 6 nitrogen and oxygen atoms in total. The molecular formula is C19H22ClN3O3. The first-order valence-corrected chi connectivity index (χ1v) is 8.48. The van der Waals surface area contributed by atoms with Crippen LogP contribution >= 0.6 is 11.6 Å². The number of nitrogens with one attached hydrogen (secondary N) is 3. The van der Waals surface area contributed by atoms with Crippen LogP contribution in [0, 0.1) is 13.8 Å². The smallest absolute Gasteiger partial charge is 0.243 e. The molecule has 0 radical (unpaired) electrons. The van der Waals surface area contributed by atoms with Crippen LogP contribution in [-0.2, 0) is 9.59 Å². The highest BCUT2D eigenvalue weighted by molar-refractivity contribution is 6.30. The molecule has 0 unspecified atom stereocenters. The lowest BCUT2D eigenvalue weighted by Gasteiger charge is -2.12. The van der Waals surface area contributed by atoms with Gasteiger partial charge in [-0.1, -0.05) is 17.7 Å². The molecule has 0 aliphatic rings. The van der Waals surface area contributed by atoms with Gasteiger partial charge in [-0.2, -0.15) is 0 Å². The number of amides is 2. The summed E-state index contributed by atoms with van der Waals surface area (Å²) in [5.41, 5.74) is 3.32. The number of benzene rings is 2. The summed E-state index contributed by atoms with van der Waals surface area (Å²) < 4.78 is 5.21. The van der Waals surface area contributed by atoms with Gasteiger partial charge in [0.15, 0.2) is 0 Å². The molecule has 0 atom stereocenters. The van der Waals surface area contributed by atoms with Crippen molar-refractivity contribution in [3.8, 4) is 5.75 Å². The highest BCUT2D eigenvalue weighted by Crippen LogP contribution is 2.25. The number of carbonyl (C=O) groups excluding carboxylic acids is 2. The van der Waals surface area contributed by atoms with Crippen LogP contribution in [0.2, 0.25) is 5.02 Å². The summed E-state index contributed by atoms with van der Waals surface area (Å²) in [4.78, 5) is 24.0. The number of carbonyl (C=O) groups is 2. The van der Waals surface area contributed by atoms with Crippen molar-refractivity contribution in [1.82, 2.24) is 5.32 Å². The summed E-state index contributed by atoms with van der Waals surface area (Å²) in [6, 6.07) is 10.8. The number of halogens is 1. The van der Waals surface area contributed by atoms with Crippen molar-refractivity contribution in [2.24, 2.45) is 0 Å². The van der Waals surface area contributed by atoms with Crippen molar-refractivity contribution >= 4 is 34.8 Å². The first-order chi connectivity index (χ1) is 12.4. The Kier molecular flexibility index (Phi) is 6.86. The predicted octanol–water partition coefficient (Wildman–Crippen LogP) is 3.13. The van der Waals surface area contributed by atoms with Gasteiger partial charge in [0.2, 0.25) is 11.8 Å². The Morgan fingerprint density at radius 1 is 1.00 bits per heavy atom. The van der Waals surface area contributed by atoms with Crippen molar-refractivity contribution in [3.05, 3.63) is 52.5 Å². The standard InChI is InChI=1S/C19H22ClN3O3/c1-12-4-7-17(26-3)16(8-12)23-19(25)11-22-18(24)10-21-15-6-5-14(20)9-13(15)2/h4-9,21H,10-11H2,1-3H3,(H,22,24)(H,23,25). The quantitative estimate of drug-likeness (QED) is 0.694. The van der Waals surface area contributed by atoms with Crippen LogP contribution < -0.4 is 20.7 Å². The van der Waals surface area contributed by atoms with Gasteiger partial charge in [0.25, 0.3) is 0 Å². The third-order valence-corrected chi connectivity index (χ3v) is 3.94. The molecule has 0 aliphatic carbocycles. The average molecular weight is 376 g/mol. The van der Waals surface area contributed by atoms with E-state index in [1.54, 1.807) is 12.1 Å². The van der Waals surface area contributed by atoms with E-state index in [1.165, 1.54) is 7.11 Å². The molecule has 7 heteroatoms. The fraction of sp³-hybridized carbons (Fsp3) is 0.263. The Morgan fingerprint density at radius 2 is 1.77 bits per heavy atom. The van der Waals surface area contributed by atoms with E-state index in [-0.39, 0.29) is 24.9 Å². The first-order valence-electron chi connectivity index (χ1n) is 8.10. The number of rotatable bonds is 7. The number of hydrogen-bond donors (Lipinski definition) is 3. The van der Waals surface area contributed by atoms with Gasteiger partial charge in [-0.25, -0.2) is 0 Å². The van der Waals surface area contributed by atoms with Crippen LogP contribution in [0.15, 0.2) is 36.4 Å². The number of methoxy groups -OCH3 is 1. The van der Waals surface area contributed by atoms with E-state index in [2.05, 4.69) is 16.0 Å². The third kappa shape index (κ3) is 5.67. The van der Waals surface area contributed by atoms with Crippen molar-refractivity contribution in [2.75, 3.05) is 30.8 Å². The molecule has 26 heavy (non-hydrogen) atoms. The van der Waals surface area contributed by atoms with Crippen molar-refractivity contribution in [3.63, 3.8) is 0 Å². The van der Waals surface area contributed by atoms with E-state index in [4.69, 9.17) is 16.3 Å². The SMILES string of the molecule is COc1ccc(C)cc1NC(=O)CNC(=O)CNc1ccc(Cl)cc1C. The molecule has 2 aromatic carbocycles. The summed E-state index contributed by atoms with van der Waals surface area (Å²) in [6.07, 6.45) is 0. The molecular weight excluding hydrogens is 354 g/mol. The van der Waals surface area contributed by atoms with Crippen LogP contribution in [0.5, 0.6) is 5.75 Å². The van der Waals surface area contributed by atoms with E-state index in [0.29, 0.717) is 16.5 Å². The van der Waals surface area contributed by atoms with Crippen molar-refractivity contribution in [2.45, 2.75) is 13.8 Å². The summed E-state index contributed by atoms with van der Waals surface area (Å²) >= 11 is 5.90. The lowest BCUT2D eigenvalue weighted by atomic mass is 10.2. The largest absolute Gasteiger partial charge is 0.495 e. The number of anilines is 2. The molecule has 0 fully saturated rings. The molecule has 0 aliphatic heterocycles. The van der Waals surface area contributed by atoms with E-state index in [9.17, 15) is 9.59 Å². The zero-order valence-corrected chi connectivity index (χ0v) is 15.7. The molecule has 2 rings (SSSR count). The van der Waals surface area contributed by atoms with Crippen molar-refractivity contribution < 1.29 is 14.3 Å². The van der Waals surface area contributed by atoms with Gasteiger partial charge in [0.05, 0.1) is 25.9 Å². The predicted molar refractivity (Wildman–Crippen MR) is 104 cm³/mol. The fourth-order valence-corrected chi connectivity index (χ4v) is 2.58. The second-order valence-electron chi connectivity index (χ2n) is 5.84. The molecule has 3 N–H and O–H groups in total. The van der Waals surface area contributed by atoms with Gasteiger partial charge in [0.1, 0.15) is 5.75 Å². The molecule has 0 saturated heterocycles. The third-order valence-electron chi connectivity index (χ3n) is 3.70. The van der Waals surface area contributed by atoms with E-state index in [0.717, 1.165) is 16.8 Å². The molecule has 0 heterocycles. The molecule has 0 spiro atoms. The van der Waals surface area contributed by atoms with E-state index >= 15 is 0 Å². The van der Waals surface area contributed by atoms with E-state index < -0.39 is 0 Å². The Hall–Kier alpha value is -2.73. The average Bonchev–Trinajstić information content (AvgIpc) is 2.59. The zero-order chi connectivity index (χ0) is 19.1. The Bertz CT molecular complexity index is 809. The molecule has 0 saturated carbocycles. The van der Waals surface area contributed by atoms with Crippen molar-refractivity contribution in [1.29, 1.82) is 0 Å². The van der Waals surface area contributed by atoms with Gasteiger partial charge in [-0.15, -0.1) is 0 Å². The van der Waals surface area contributed by atoms with Crippen LogP contribution in [0.1, 0.15) is 11.1 Å². The maximum Gasteiger partial charge on any atom is 0.243 e. The minimum Gasteiger partial charge on any atom is -0.495 e. The number of hydrogen-bond acceptors (Lipinski definition) is 4. The molecule has 2 aromatic rings. The Balaban J connectivity index is 1.81. The Morgan fingerprint density at radius 3 is 2.46 bits per heavy atom. The van der Waals surface area contributed by atoms with Gasteiger partial charge >= 0.3 is 0 Å². The van der Waals surface area contributed by atoms with E-state index in [1.807, 2.05) is 38.1 Å². The number of aryl methyl sites for hydroxylation is 2. The minimum absolute atomic E-state index is 0.0590. The van der Waals surface area contributed by atoms with Gasteiger partial charge in [-0.05, 0) is 55.3 Å². The monoisotopic (exact) mass is 375 g/mol. The maximum atomic E-state index is 12.0. The van der Waals surface area contributed by atoms with Crippen LogP contribution in [0.3, 0.4) is 0 Å². The zero-order valence-electron chi connectivity index (χ0n) is 15.0. The van der Waals surface area contributed by atoms with Crippen LogP contribution in [-0.4, -0.2) is 32.0 Å². The highest BCUT2D eigenvalue weighted by Gasteiger charge is 2.10. The topological polar surface area (TPSA) is 79.5 Å². The second-order valence-corrected chi connectivity index (χ2v) is 6.28. The molecule has 0 bridgehead atoms. The van der Waals surface area contributed by atoms with Gasteiger partial charge in [0, 0.05) is 10.7 Å². The number of ether oxygens (including phenoxy) is 1. The molecule has 0 aromatic heterocycles. The fourth-order valence-electron chi connectivity index (χ4n) is 2.36. The van der Waals surface area contributed by atoms with Gasteiger partial charge in [-0.3, -0.25) is 9.59 Å². The molecule has 2 amide bonds. The van der Waals surface area contributed by atoms with Gasteiger partial charge < -0.3 is 20.7 Å². The summed E-state index contributed by atoms with van der Waals surface area (Å²) in [5, 5.41) is 8.96. The second kappa shape index (κ2) is 9.10. The summed E-state index contributed by atoms with van der Waals surface area (Å²) in [5.74, 6) is -0.0502. The maximum absolute atomic E-state index is 12.0. The van der Waals surface area contributed by atoms with Crippen LogP contribution in [0.4, 0.5) is 11.4 Å². The molecule has 138 valence electrons. The lowest BCUT2D eigenvalue weighted by molar-refractivity contribution is -0.122. The summed E-state index contributed by atoms with van der Waals surface area (Å²) in [6.45, 7) is 3.75. The minimum atomic E-state index is -0.329. The van der Waals surface area contributed by atoms with Crippen LogP contribution in [0.25, 0.3) is 0 Å². The Labute approximate surface area is 157 Å². The lowest BCUT2D eigenvalue weighted by Crippen LogP contribution is -2.36. The summed E-state index contributed by atoms with van der Waals surface area (Å²) in [7, 11) is 1.53. The normalized spacial score (nSPS) is 10.2.